The number of anilines is 1. The van der Waals surface area contributed by atoms with Crippen LogP contribution in [0, 0.1) is 0 Å². The molecule has 2 aliphatic rings. The largest absolute Gasteiger partial charge is 0.495 e. The number of hydrogen-bond donors (Lipinski definition) is 0. The summed E-state index contributed by atoms with van der Waals surface area (Å²) in [6, 6.07) is 9.07. The molecule has 0 unspecified atom stereocenters. The van der Waals surface area contributed by atoms with Gasteiger partial charge in [-0.1, -0.05) is 36.9 Å². The monoisotopic (exact) mass is 573 g/mol. The van der Waals surface area contributed by atoms with E-state index < -0.39 is 21.8 Å². The van der Waals surface area contributed by atoms with Gasteiger partial charge in [0.1, 0.15) is 5.75 Å². The zero-order valence-corrected chi connectivity index (χ0v) is 22.7. The lowest BCUT2D eigenvalue weighted by Gasteiger charge is -2.38. The van der Waals surface area contributed by atoms with E-state index in [0.717, 1.165) is 31.4 Å². The molecule has 1 aliphatic heterocycles. The maximum absolute atomic E-state index is 13.7. The molecule has 2 aromatic rings. The smallest absolute Gasteiger partial charge is 0.416 e. The summed E-state index contributed by atoms with van der Waals surface area (Å²) in [6.07, 6.45) is -0.326. The second-order valence-corrected chi connectivity index (χ2v) is 11.9. The van der Waals surface area contributed by atoms with Crippen LogP contribution in [0.2, 0.25) is 5.02 Å². The maximum Gasteiger partial charge on any atom is 0.416 e. The fourth-order valence-corrected chi connectivity index (χ4v) is 7.03. The first-order valence-corrected chi connectivity index (χ1v) is 14.4. The number of rotatable bonds is 7. The predicted molar refractivity (Wildman–Crippen MR) is 139 cm³/mol. The van der Waals surface area contributed by atoms with Crippen molar-refractivity contribution in [3.05, 3.63) is 53.1 Å². The van der Waals surface area contributed by atoms with Gasteiger partial charge in [0.15, 0.2) is 0 Å². The molecule has 1 amide bonds. The lowest BCUT2D eigenvalue weighted by atomic mass is 9.95. The summed E-state index contributed by atoms with van der Waals surface area (Å²) in [5, 5.41) is 0.161. The van der Waals surface area contributed by atoms with Crippen molar-refractivity contribution in [2.24, 2.45) is 0 Å². The summed E-state index contributed by atoms with van der Waals surface area (Å²) in [4.78, 5) is 16.7. The van der Waals surface area contributed by atoms with Crippen LogP contribution in [-0.2, 0) is 21.0 Å². The number of sulfonamides is 1. The fourth-order valence-electron chi connectivity index (χ4n) is 5.05. The Labute approximate surface area is 226 Å². The van der Waals surface area contributed by atoms with Gasteiger partial charge in [0.2, 0.25) is 15.9 Å². The highest BCUT2D eigenvalue weighted by Crippen LogP contribution is 2.33. The third-order valence-electron chi connectivity index (χ3n) is 7.17. The third kappa shape index (κ3) is 6.38. The summed E-state index contributed by atoms with van der Waals surface area (Å²) in [5.41, 5.74) is -0.282. The average molecular weight is 574 g/mol. The third-order valence-corrected chi connectivity index (χ3v) is 9.36. The molecular weight excluding hydrogens is 543 g/mol. The van der Waals surface area contributed by atoms with Crippen molar-refractivity contribution in [3.63, 3.8) is 0 Å². The van der Waals surface area contributed by atoms with Gasteiger partial charge in [0, 0.05) is 37.9 Å². The van der Waals surface area contributed by atoms with E-state index in [1.807, 2.05) is 0 Å². The number of halogens is 4. The molecule has 1 saturated heterocycles. The predicted octanol–water partition coefficient (Wildman–Crippen LogP) is 5.04. The summed E-state index contributed by atoms with van der Waals surface area (Å²) in [7, 11) is -2.59. The highest BCUT2D eigenvalue weighted by molar-refractivity contribution is 7.89. The zero-order valence-electron chi connectivity index (χ0n) is 21.1. The molecule has 2 aromatic carbocycles. The number of nitrogens with zero attached hydrogens (tertiary/aromatic N) is 3. The van der Waals surface area contributed by atoms with E-state index in [-0.39, 0.29) is 41.5 Å². The molecule has 0 aromatic heterocycles. The standard InChI is InChI=1S/C26H31ClF3N3O4S/c1-37-24-11-10-22(17-23(24)27)38(35,36)33(20-7-3-2-4-8-20)18-25(34)32-14-12-31(13-15-32)21-9-5-6-19(16-21)26(28,29)30/h5-6,9-11,16-17,20H,2-4,7-8,12-15,18H2,1H3. The molecule has 38 heavy (non-hydrogen) atoms. The van der Waals surface area contributed by atoms with Crippen molar-refractivity contribution < 1.29 is 31.1 Å². The van der Waals surface area contributed by atoms with Crippen LogP contribution in [0.4, 0.5) is 18.9 Å². The fraction of sp³-hybridized carbons (Fsp3) is 0.500. The molecule has 208 valence electrons. The highest BCUT2D eigenvalue weighted by Gasteiger charge is 2.36. The Bertz CT molecular complexity index is 1240. The lowest BCUT2D eigenvalue weighted by Crippen LogP contribution is -2.53. The second-order valence-electron chi connectivity index (χ2n) is 9.55. The SMILES string of the molecule is COc1ccc(S(=O)(=O)N(CC(=O)N2CCN(c3cccc(C(F)(F)F)c3)CC2)C2CCCCC2)cc1Cl. The van der Waals surface area contributed by atoms with Crippen molar-refractivity contribution in [3.8, 4) is 5.75 Å². The van der Waals surface area contributed by atoms with E-state index in [9.17, 15) is 26.4 Å². The minimum absolute atomic E-state index is 0.00367. The van der Waals surface area contributed by atoms with Crippen molar-refractivity contribution in [1.82, 2.24) is 9.21 Å². The minimum Gasteiger partial charge on any atom is -0.495 e. The Balaban J connectivity index is 1.48. The van der Waals surface area contributed by atoms with E-state index in [0.29, 0.717) is 37.4 Å². The van der Waals surface area contributed by atoms with Crippen LogP contribution in [0.3, 0.4) is 0 Å². The average Bonchev–Trinajstić information content (AvgIpc) is 2.91. The van der Waals surface area contributed by atoms with Crippen LogP contribution < -0.4 is 9.64 Å². The number of amides is 1. The first-order valence-electron chi connectivity index (χ1n) is 12.6. The summed E-state index contributed by atoms with van der Waals surface area (Å²) in [5.74, 6) is 0.0204. The van der Waals surface area contributed by atoms with E-state index in [4.69, 9.17) is 16.3 Å². The Morgan fingerprint density at radius 3 is 2.34 bits per heavy atom. The topological polar surface area (TPSA) is 70.2 Å². The molecule has 4 rings (SSSR count). The number of piperazine rings is 1. The molecule has 2 fully saturated rings. The number of ether oxygens (including phenoxy) is 1. The Hall–Kier alpha value is -2.50. The minimum atomic E-state index is -4.43. The molecule has 1 heterocycles. The van der Waals surface area contributed by atoms with Gasteiger partial charge in [-0.05, 0) is 49.2 Å². The van der Waals surface area contributed by atoms with Gasteiger partial charge in [-0.2, -0.15) is 17.5 Å². The summed E-state index contributed by atoms with van der Waals surface area (Å²) in [6.45, 7) is 0.943. The van der Waals surface area contributed by atoms with Gasteiger partial charge in [0.25, 0.3) is 0 Å². The molecule has 0 spiro atoms. The normalized spacial score (nSPS) is 17.6. The molecule has 7 nitrogen and oxygen atoms in total. The number of methoxy groups -OCH3 is 1. The van der Waals surface area contributed by atoms with Crippen molar-refractivity contribution >= 4 is 33.2 Å². The van der Waals surface area contributed by atoms with E-state index in [2.05, 4.69) is 0 Å². The van der Waals surface area contributed by atoms with E-state index >= 15 is 0 Å². The van der Waals surface area contributed by atoms with Gasteiger partial charge in [-0.3, -0.25) is 4.79 Å². The first kappa shape index (κ1) is 28.5. The molecule has 1 aliphatic carbocycles. The Morgan fingerprint density at radius 2 is 1.74 bits per heavy atom. The van der Waals surface area contributed by atoms with Gasteiger partial charge in [0.05, 0.1) is 29.1 Å². The highest BCUT2D eigenvalue weighted by atomic mass is 35.5. The van der Waals surface area contributed by atoms with Gasteiger partial charge >= 0.3 is 6.18 Å². The summed E-state index contributed by atoms with van der Waals surface area (Å²) < 4.78 is 73.2. The van der Waals surface area contributed by atoms with Crippen LogP contribution in [0.5, 0.6) is 5.75 Å². The summed E-state index contributed by atoms with van der Waals surface area (Å²) >= 11 is 6.20. The Morgan fingerprint density at radius 1 is 1.05 bits per heavy atom. The van der Waals surface area contributed by atoms with Crippen LogP contribution in [0.1, 0.15) is 37.7 Å². The number of benzene rings is 2. The number of alkyl halides is 3. The molecule has 0 radical (unpaired) electrons. The first-order chi connectivity index (χ1) is 18.0. The maximum atomic E-state index is 13.7. The molecular formula is C26H31ClF3N3O4S. The molecule has 0 bridgehead atoms. The number of carbonyl (C=O) groups is 1. The van der Waals surface area contributed by atoms with Gasteiger partial charge < -0.3 is 14.5 Å². The molecule has 0 atom stereocenters. The second kappa shape index (κ2) is 11.7. The number of carbonyl (C=O) groups excluding carboxylic acids is 1. The lowest BCUT2D eigenvalue weighted by molar-refractivity contribution is -0.137. The van der Waals surface area contributed by atoms with Gasteiger partial charge in [-0.15, -0.1) is 0 Å². The van der Waals surface area contributed by atoms with Crippen LogP contribution in [0.25, 0.3) is 0 Å². The quantitative estimate of drug-likeness (QED) is 0.464. The van der Waals surface area contributed by atoms with Crippen molar-refractivity contribution in [2.75, 3.05) is 44.7 Å². The number of hydrogen-bond acceptors (Lipinski definition) is 5. The van der Waals surface area contributed by atoms with Crippen LogP contribution >= 0.6 is 11.6 Å². The van der Waals surface area contributed by atoms with Gasteiger partial charge in [-0.25, -0.2) is 8.42 Å². The van der Waals surface area contributed by atoms with Crippen LogP contribution in [-0.4, -0.2) is 69.4 Å². The molecule has 0 N–H and O–H groups in total. The molecule has 1 saturated carbocycles. The molecule has 12 heteroatoms. The van der Waals surface area contributed by atoms with Crippen molar-refractivity contribution in [2.45, 2.75) is 49.2 Å². The van der Waals surface area contributed by atoms with E-state index in [1.54, 1.807) is 15.9 Å². The van der Waals surface area contributed by atoms with Crippen LogP contribution in [0.15, 0.2) is 47.4 Å². The Kier molecular flexibility index (Phi) is 8.78. The van der Waals surface area contributed by atoms with E-state index in [1.165, 1.54) is 35.7 Å². The zero-order chi connectivity index (χ0) is 27.5. The van der Waals surface area contributed by atoms with Crippen molar-refractivity contribution in [1.29, 1.82) is 0 Å².